The molecule has 0 radical (unpaired) electrons. The van der Waals surface area contributed by atoms with Gasteiger partial charge in [0.25, 0.3) is 0 Å². The number of hydrogen-bond donors (Lipinski definition) is 1. The molecular weight excluding hydrogens is 273 g/mol. The second kappa shape index (κ2) is 4.61. The highest BCUT2D eigenvalue weighted by atomic mass is 32.1. The summed E-state index contributed by atoms with van der Waals surface area (Å²) < 4.78 is 37.4. The Bertz CT molecular complexity index is 565. The molecular formula is C13H13F3N2S. The quantitative estimate of drug-likeness (QED) is 0.905. The zero-order chi connectivity index (χ0) is 14.3. The van der Waals surface area contributed by atoms with E-state index in [0.717, 1.165) is 17.1 Å². The third kappa shape index (κ3) is 3.13. The molecule has 0 unspecified atom stereocenters. The van der Waals surface area contributed by atoms with E-state index in [-0.39, 0.29) is 0 Å². The van der Waals surface area contributed by atoms with Crippen LogP contribution in [0.15, 0.2) is 29.6 Å². The van der Waals surface area contributed by atoms with E-state index in [2.05, 4.69) is 4.98 Å². The number of alkyl halides is 3. The summed E-state index contributed by atoms with van der Waals surface area (Å²) in [6, 6.07) is 4.96. The van der Waals surface area contributed by atoms with E-state index in [1.807, 2.05) is 13.8 Å². The standard InChI is InChI=1S/C13H13F3N2S/c1-12(2,17)11-18-10(7-19-11)8-3-5-9(6-4-8)13(14,15)16/h3-7H,17H2,1-2H3. The van der Waals surface area contributed by atoms with Crippen LogP contribution in [-0.4, -0.2) is 4.98 Å². The summed E-state index contributed by atoms with van der Waals surface area (Å²) in [5.74, 6) is 0. The Labute approximate surface area is 113 Å². The number of nitrogens with two attached hydrogens (primary N) is 1. The largest absolute Gasteiger partial charge is 0.416 e. The van der Waals surface area contributed by atoms with Crippen molar-refractivity contribution in [2.75, 3.05) is 0 Å². The van der Waals surface area contributed by atoms with Crippen LogP contribution >= 0.6 is 11.3 Å². The van der Waals surface area contributed by atoms with E-state index in [1.165, 1.54) is 23.5 Å². The van der Waals surface area contributed by atoms with Crippen LogP contribution in [0.25, 0.3) is 11.3 Å². The molecule has 1 aromatic heterocycles. The van der Waals surface area contributed by atoms with Gasteiger partial charge in [-0.2, -0.15) is 13.2 Å². The van der Waals surface area contributed by atoms with Gasteiger partial charge in [-0.25, -0.2) is 4.98 Å². The average molecular weight is 286 g/mol. The van der Waals surface area contributed by atoms with Gasteiger partial charge in [-0.1, -0.05) is 12.1 Å². The van der Waals surface area contributed by atoms with Crippen LogP contribution in [-0.2, 0) is 11.7 Å². The molecule has 0 amide bonds. The van der Waals surface area contributed by atoms with Crippen molar-refractivity contribution in [1.82, 2.24) is 4.98 Å². The van der Waals surface area contributed by atoms with Gasteiger partial charge < -0.3 is 5.73 Å². The van der Waals surface area contributed by atoms with Gasteiger partial charge in [0.2, 0.25) is 0 Å². The number of halogens is 3. The molecule has 0 spiro atoms. The first-order chi connectivity index (χ1) is 8.68. The Morgan fingerprint density at radius 1 is 1.11 bits per heavy atom. The Hall–Kier alpha value is -1.40. The van der Waals surface area contributed by atoms with Crippen molar-refractivity contribution in [1.29, 1.82) is 0 Å². The molecule has 2 aromatic rings. The summed E-state index contributed by atoms with van der Waals surface area (Å²) in [4.78, 5) is 4.36. The normalized spacial score (nSPS) is 12.7. The van der Waals surface area contributed by atoms with E-state index in [4.69, 9.17) is 5.73 Å². The maximum atomic E-state index is 12.5. The summed E-state index contributed by atoms with van der Waals surface area (Å²) in [5.41, 5.74) is 6.02. The maximum Gasteiger partial charge on any atom is 0.416 e. The third-order valence-corrected chi connectivity index (χ3v) is 3.75. The first-order valence-corrected chi connectivity index (χ1v) is 6.48. The molecule has 0 saturated carbocycles. The van der Waals surface area contributed by atoms with Gasteiger partial charge in [0.15, 0.2) is 0 Å². The third-order valence-electron chi connectivity index (χ3n) is 2.56. The van der Waals surface area contributed by atoms with Crippen LogP contribution in [0.5, 0.6) is 0 Å². The second-order valence-electron chi connectivity index (χ2n) is 4.83. The van der Waals surface area contributed by atoms with Crippen molar-refractivity contribution < 1.29 is 13.2 Å². The Balaban J connectivity index is 2.31. The first-order valence-electron chi connectivity index (χ1n) is 5.60. The molecule has 2 nitrogen and oxygen atoms in total. The number of aromatic nitrogens is 1. The highest BCUT2D eigenvalue weighted by Gasteiger charge is 2.30. The Kier molecular flexibility index (Phi) is 3.40. The lowest BCUT2D eigenvalue weighted by Gasteiger charge is -2.13. The fraction of sp³-hybridized carbons (Fsp3) is 0.308. The SMILES string of the molecule is CC(C)(N)c1nc(-c2ccc(C(F)(F)F)cc2)cs1. The fourth-order valence-corrected chi connectivity index (χ4v) is 2.40. The number of thiazole rings is 1. The van der Waals surface area contributed by atoms with Gasteiger partial charge in [-0.15, -0.1) is 11.3 Å². The van der Waals surface area contributed by atoms with E-state index in [0.29, 0.717) is 11.3 Å². The molecule has 0 aliphatic rings. The zero-order valence-corrected chi connectivity index (χ0v) is 11.3. The van der Waals surface area contributed by atoms with Crippen LogP contribution in [0.2, 0.25) is 0 Å². The van der Waals surface area contributed by atoms with Gasteiger partial charge in [0.05, 0.1) is 16.8 Å². The first kappa shape index (κ1) is 14.0. The van der Waals surface area contributed by atoms with Crippen LogP contribution < -0.4 is 5.73 Å². The summed E-state index contributed by atoms with van der Waals surface area (Å²) in [7, 11) is 0. The molecule has 0 fully saturated rings. The van der Waals surface area contributed by atoms with Crippen molar-refractivity contribution >= 4 is 11.3 Å². The summed E-state index contributed by atoms with van der Waals surface area (Å²) in [6.07, 6.45) is -4.31. The minimum atomic E-state index is -4.31. The van der Waals surface area contributed by atoms with E-state index >= 15 is 0 Å². The van der Waals surface area contributed by atoms with Crippen LogP contribution in [0.1, 0.15) is 24.4 Å². The van der Waals surface area contributed by atoms with Crippen LogP contribution in [0.3, 0.4) is 0 Å². The van der Waals surface area contributed by atoms with Gasteiger partial charge >= 0.3 is 6.18 Å². The number of rotatable bonds is 2. The highest BCUT2D eigenvalue weighted by molar-refractivity contribution is 7.10. The van der Waals surface area contributed by atoms with Crippen molar-refractivity contribution in [3.8, 4) is 11.3 Å². The van der Waals surface area contributed by atoms with Gasteiger partial charge in [0, 0.05) is 10.9 Å². The number of nitrogens with zero attached hydrogens (tertiary/aromatic N) is 1. The Morgan fingerprint density at radius 2 is 1.68 bits per heavy atom. The molecule has 1 aromatic carbocycles. The van der Waals surface area contributed by atoms with Gasteiger partial charge in [-0.05, 0) is 26.0 Å². The summed E-state index contributed by atoms with van der Waals surface area (Å²) in [6.45, 7) is 3.67. The van der Waals surface area contributed by atoms with E-state index < -0.39 is 17.3 Å². The predicted molar refractivity (Wildman–Crippen MR) is 69.8 cm³/mol. The second-order valence-corrected chi connectivity index (χ2v) is 5.69. The van der Waals surface area contributed by atoms with Crippen molar-refractivity contribution in [2.24, 2.45) is 5.73 Å². The number of benzene rings is 1. The smallest absolute Gasteiger partial charge is 0.320 e. The molecule has 102 valence electrons. The summed E-state index contributed by atoms with van der Waals surface area (Å²) in [5, 5.41) is 2.55. The molecule has 0 aliphatic carbocycles. The van der Waals surface area contributed by atoms with Gasteiger partial charge in [-0.3, -0.25) is 0 Å². The monoisotopic (exact) mass is 286 g/mol. The van der Waals surface area contributed by atoms with Crippen molar-refractivity contribution in [3.63, 3.8) is 0 Å². The number of hydrogen-bond acceptors (Lipinski definition) is 3. The lowest BCUT2D eigenvalue weighted by Crippen LogP contribution is -2.28. The molecule has 6 heteroatoms. The molecule has 19 heavy (non-hydrogen) atoms. The zero-order valence-electron chi connectivity index (χ0n) is 10.5. The molecule has 0 aliphatic heterocycles. The highest BCUT2D eigenvalue weighted by Crippen LogP contribution is 2.32. The van der Waals surface area contributed by atoms with Crippen LogP contribution in [0.4, 0.5) is 13.2 Å². The topological polar surface area (TPSA) is 38.9 Å². The molecule has 0 atom stereocenters. The molecule has 0 bridgehead atoms. The molecule has 1 heterocycles. The lowest BCUT2D eigenvalue weighted by atomic mass is 10.1. The van der Waals surface area contributed by atoms with E-state index in [1.54, 1.807) is 5.38 Å². The fourth-order valence-electron chi connectivity index (χ4n) is 1.53. The summed E-state index contributed by atoms with van der Waals surface area (Å²) >= 11 is 1.40. The minimum absolute atomic E-state index is 0.547. The molecule has 2 N–H and O–H groups in total. The van der Waals surface area contributed by atoms with Crippen molar-refractivity contribution in [2.45, 2.75) is 25.6 Å². The Morgan fingerprint density at radius 3 is 2.11 bits per heavy atom. The maximum absolute atomic E-state index is 12.5. The molecule has 2 rings (SSSR count). The lowest BCUT2D eigenvalue weighted by molar-refractivity contribution is -0.137. The van der Waals surface area contributed by atoms with E-state index in [9.17, 15) is 13.2 Å². The molecule has 0 saturated heterocycles. The minimum Gasteiger partial charge on any atom is -0.320 e. The average Bonchev–Trinajstić information content (AvgIpc) is 2.77. The van der Waals surface area contributed by atoms with Gasteiger partial charge in [0.1, 0.15) is 5.01 Å². The van der Waals surface area contributed by atoms with Crippen molar-refractivity contribution in [3.05, 3.63) is 40.2 Å². The predicted octanol–water partition coefficient (Wildman–Crippen LogP) is 4.02. The van der Waals surface area contributed by atoms with Crippen LogP contribution in [0, 0.1) is 0 Å².